The summed E-state index contributed by atoms with van der Waals surface area (Å²) in [5.74, 6) is 0. The highest BCUT2D eigenvalue weighted by molar-refractivity contribution is 6.22. The summed E-state index contributed by atoms with van der Waals surface area (Å²) in [6.07, 6.45) is 2.20. The van der Waals surface area contributed by atoms with E-state index in [4.69, 9.17) is 0 Å². The van der Waals surface area contributed by atoms with Gasteiger partial charge >= 0.3 is 0 Å². The predicted octanol–water partition coefficient (Wildman–Crippen LogP) is 17.1. The number of pyridine rings is 1. The normalized spacial score (nSPS) is 12.6. The lowest BCUT2D eigenvalue weighted by molar-refractivity contribution is 0.768. The van der Waals surface area contributed by atoms with Crippen LogP contribution in [0.15, 0.2) is 267 Å². The summed E-state index contributed by atoms with van der Waals surface area (Å²) in [5, 5.41) is 3.79. The molecule has 12 aromatic rings. The Morgan fingerprint density at radius 1 is 0.313 bits per heavy atom. The predicted molar refractivity (Wildman–Crippen MR) is 281 cm³/mol. The highest BCUT2D eigenvalue weighted by atomic mass is 15.1. The summed E-state index contributed by atoms with van der Waals surface area (Å²) in [6, 6.07) is 95.7. The van der Waals surface area contributed by atoms with Crippen LogP contribution in [0.4, 0.5) is 17.1 Å². The maximum atomic E-state index is 2.45. The summed E-state index contributed by atoms with van der Waals surface area (Å²) in [5.41, 5.74) is 20.1. The van der Waals surface area contributed by atoms with Gasteiger partial charge in [0.05, 0.1) is 16.4 Å². The Balaban J connectivity index is 0.932. The van der Waals surface area contributed by atoms with Crippen molar-refractivity contribution >= 4 is 44.3 Å². The molecular weight excluding hydrogens is 809 g/mol. The summed E-state index contributed by atoms with van der Waals surface area (Å²) in [6.45, 7) is 0. The molecule has 0 radical (unpaired) electrons. The number of hydrogen-bond donors (Lipinski definition) is 0. The van der Waals surface area contributed by atoms with Crippen LogP contribution in [0.5, 0.6) is 0 Å². The minimum atomic E-state index is -0.495. The first-order chi connectivity index (χ1) is 33.3. The molecule has 13 rings (SSSR count). The Labute approximate surface area is 390 Å². The van der Waals surface area contributed by atoms with Gasteiger partial charge in [-0.15, -0.1) is 0 Å². The van der Waals surface area contributed by atoms with Crippen molar-refractivity contribution in [1.82, 2.24) is 4.40 Å². The Bertz CT molecular complexity index is 3740. The molecule has 2 nitrogen and oxygen atoms in total. The molecule has 10 aromatic carbocycles. The van der Waals surface area contributed by atoms with E-state index in [0.29, 0.717) is 0 Å². The largest absolute Gasteiger partial charge is 0.316 e. The van der Waals surface area contributed by atoms with Crippen LogP contribution < -0.4 is 4.90 Å². The third kappa shape index (κ3) is 6.11. The van der Waals surface area contributed by atoms with Crippen LogP contribution in [0, 0.1) is 0 Å². The molecule has 0 saturated carbocycles. The number of rotatable bonds is 8. The first-order valence-electron chi connectivity index (χ1n) is 23.2. The molecule has 0 bridgehead atoms. The van der Waals surface area contributed by atoms with Crippen molar-refractivity contribution in [3.8, 4) is 44.5 Å². The van der Waals surface area contributed by atoms with Crippen molar-refractivity contribution in [2.75, 3.05) is 4.90 Å². The van der Waals surface area contributed by atoms with Crippen molar-refractivity contribution in [2.24, 2.45) is 0 Å². The maximum absolute atomic E-state index is 2.45. The van der Waals surface area contributed by atoms with E-state index < -0.39 is 5.41 Å². The van der Waals surface area contributed by atoms with Crippen LogP contribution >= 0.6 is 0 Å². The number of benzene rings is 10. The summed E-state index contributed by atoms with van der Waals surface area (Å²) in [4.78, 5) is 2.41. The summed E-state index contributed by atoms with van der Waals surface area (Å²) < 4.78 is 2.36. The second-order valence-corrected chi connectivity index (χ2v) is 17.6. The van der Waals surface area contributed by atoms with Crippen LogP contribution in [0.25, 0.3) is 71.7 Å². The first-order valence-corrected chi connectivity index (χ1v) is 23.2. The molecule has 0 atom stereocenters. The van der Waals surface area contributed by atoms with Gasteiger partial charge in [0.2, 0.25) is 0 Å². The summed E-state index contributed by atoms with van der Waals surface area (Å²) in [7, 11) is 0. The molecule has 0 amide bonds. The molecule has 1 aliphatic carbocycles. The molecule has 2 aromatic heterocycles. The third-order valence-electron chi connectivity index (χ3n) is 14.1. The molecule has 67 heavy (non-hydrogen) atoms. The van der Waals surface area contributed by atoms with Crippen LogP contribution in [0.3, 0.4) is 0 Å². The number of para-hydroxylation sites is 1. The van der Waals surface area contributed by atoms with Crippen molar-refractivity contribution in [2.45, 2.75) is 5.41 Å². The fourth-order valence-electron chi connectivity index (χ4n) is 11.2. The monoisotopic (exact) mass is 852 g/mol. The Hall–Kier alpha value is -8.72. The zero-order valence-corrected chi connectivity index (χ0v) is 36.8. The number of aromatic nitrogens is 1. The van der Waals surface area contributed by atoms with E-state index >= 15 is 0 Å². The highest BCUT2D eigenvalue weighted by Crippen LogP contribution is 2.57. The molecule has 0 unspecified atom stereocenters. The van der Waals surface area contributed by atoms with Crippen LogP contribution in [-0.4, -0.2) is 4.40 Å². The number of anilines is 3. The molecule has 2 heterocycles. The van der Waals surface area contributed by atoms with Crippen LogP contribution in [-0.2, 0) is 5.41 Å². The summed E-state index contributed by atoms with van der Waals surface area (Å²) >= 11 is 0. The van der Waals surface area contributed by atoms with Crippen molar-refractivity contribution in [1.29, 1.82) is 0 Å². The minimum absolute atomic E-state index is 0.495. The SMILES string of the molecule is c1ccc(-c2c3c4ccccc4c(-c4ccc(-c5cccc(N(c6ccccc6)c6ccc7c(c6)C(c6ccccc6)(c6ccccc6)c6ccccc6-7)c5)cc4)cc3n3ccccc23)cc1. The molecule has 314 valence electrons. The molecule has 2 heteroatoms. The molecule has 1 aliphatic rings. The molecule has 0 fully saturated rings. The van der Waals surface area contributed by atoms with Gasteiger partial charge in [0.1, 0.15) is 0 Å². The van der Waals surface area contributed by atoms with Gasteiger partial charge in [-0.05, 0) is 127 Å². The molecular formula is C65H44N2. The lowest BCUT2D eigenvalue weighted by Crippen LogP contribution is -2.28. The molecule has 0 saturated heterocycles. The smallest absolute Gasteiger partial charge is 0.0714 e. The van der Waals surface area contributed by atoms with Gasteiger partial charge in [-0.3, -0.25) is 0 Å². The van der Waals surface area contributed by atoms with Gasteiger partial charge in [-0.2, -0.15) is 0 Å². The van der Waals surface area contributed by atoms with Gasteiger partial charge in [-0.25, -0.2) is 0 Å². The molecule has 0 N–H and O–H groups in total. The first kappa shape index (κ1) is 38.7. The third-order valence-corrected chi connectivity index (χ3v) is 14.1. The van der Waals surface area contributed by atoms with E-state index in [-0.39, 0.29) is 0 Å². The number of nitrogens with zero attached hydrogens (tertiary/aromatic N) is 2. The van der Waals surface area contributed by atoms with E-state index in [1.54, 1.807) is 0 Å². The zero-order valence-electron chi connectivity index (χ0n) is 36.8. The van der Waals surface area contributed by atoms with Gasteiger partial charge in [0.15, 0.2) is 0 Å². The lowest BCUT2D eigenvalue weighted by Gasteiger charge is -2.35. The zero-order chi connectivity index (χ0) is 44.3. The number of fused-ring (bicyclic) bond motifs is 8. The van der Waals surface area contributed by atoms with E-state index in [1.807, 2.05) is 0 Å². The Kier molecular flexibility index (Phi) is 9.11. The van der Waals surface area contributed by atoms with Crippen LogP contribution in [0.1, 0.15) is 22.3 Å². The quantitative estimate of drug-likeness (QED) is 0.148. The van der Waals surface area contributed by atoms with E-state index in [1.165, 1.54) is 88.4 Å². The second kappa shape index (κ2) is 15.8. The van der Waals surface area contributed by atoms with Gasteiger partial charge < -0.3 is 9.30 Å². The number of hydrogen-bond acceptors (Lipinski definition) is 1. The van der Waals surface area contributed by atoms with Crippen molar-refractivity contribution in [3.63, 3.8) is 0 Å². The van der Waals surface area contributed by atoms with Gasteiger partial charge in [0.25, 0.3) is 0 Å². The van der Waals surface area contributed by atoms with Gasteiger partial charge in [-0.1, -0.05) is 206 Å². The Morgan fingerprint density at radius 2 is 0.881 bits per heavy atom. The minimum Gasteiger partial charge on any atom is -0.316 e. The Morgan fingerprint density at radius 3 is 1.63 bits per heavy atom. The van der Waals surface area contributed by atoms with Gasteiger partial charge in [0, 0.05) is 34.2 Å². The topological polar surface area (TPSA) is 7.65 Å². The van der Waals surface area contributed by atoms with Crippen molar-refractivity contribution < 1.29 is 0 Å². The van der Waals surface area contributed by atoms with E-state index in [9.17, 15) is 0 Å². The van der Waals surface area contributed by atoms with E-state index in [2.05, 4.69) is 276 Å². The van der Waals surface area contributed by atoms with E-state index in [0.717, 1.165) is 22.6 Å². The second-order valence-electron chi connectivity index (χ2n) is 17.6. The fraction of sp³-hybridized carbons (Fsp3) is 0.0154. The fourth-order valence-corrected chi connectivity index (χ4v) is 11.2. The van der Waals surface area contributed by atoms with Crippen molar-refractivity contribution in [3.05, 3.63) is 289 Å². The lowest BCUT2D eigenvalue weighted by atomic mass is 9.67. The highest BCUT2D eigenvalue weighted by Gasteiger charge is 2.46. The average Bonchev–Trinajstić information content (AvgIpc) is 3.90. The van der Waals surface area contributed by atoms with Crippen LogP contribution in [0.2, 0.25) is 0 Å². The molecule has 0 aliphatic heterocycles. The standard InChI is InChI=1S/C65H44N2/c1-5-20-47(21-6-1)63-61-34-17-18-41-66(61)62-44-58(54-30-13-14-32-57(54)64(62)63)46-37-35-45(36-38-46)48-22-19-29-52(42-48)67(51-27-11-4-12-28-51)53-39-40-56-55-31-15-16-33-59(55)65(60(56)43-53,49-23-7-2-8-24-49)50-25-9-3-10-26-50/h1-44H. The average molecular weight is 853 g/mol. The maximum Gasteiger partial charge on any atom is 0.0714 e. The molecule has 0 spiro atoms.